The molecule has 0 aromatic carbocycles. The predicted molar refractivity (Wildman–Crippen MR) is 50.8 cm³/mol. The monoisotopic (exact) mass is 255 g/mol. The minimum absolute atomic E-state index is 0.240. The first kappa shape index (κ1) is 13.5. The second-order valence-corrected chi connectivity index (χ2v) is 4.58. The molecule has 0 aliphatic heterocycles. The van der Waals surface area contributed by atoms with Crippen LogP contribution in [0.2, 0.25) is 0 Å². The molecule has 16 heavy (non-hydrogen) atoms. The van der Waals surface area contributed by atoms with Gasteiger partial charge in [0.15, 0.2) is 6.10 Å². The molecule has 1 rings (SSSR count). The minimum Gasteiger partial charge on any atom is -0.478 e. The highest BCUT2D eigenvalue weighted by atomic mass is 31.2. The van der Waals surface area contributed by atoms with Gasteiger partial charge in [0.1, 0.15) is 6.10 Å². The van der Waals surface area contributed by atoms with Crippen molar-refractivity contribution in [3.8, 4) is 0 Å². The first-order valence-corrected chi connectivity index (χ1v) is 5.83. The number of hydrogen-bond acceptors (Lipinski definition) is 7. The van der Waals surface area contributed by atoms with E-state index in [2.05, 4.69) is 4.52 Å². The second-order valence-electron chi connectivity index (χ2n) is 3.34. The maximum absolute atomic E-state index is 10.6. The first-order valence-electron chi connectivity index (χ1n) is 4.26. The van der Waals surface area contributed by atoms with Crippen LogP contribution < -0.4 is 0 Å². The van der Waals surface area contributed by atoms with Crippen molar-refractivity contribution in [2.45, 2.75) is 24.7 Å². The van der Waals surface area contributed by atoms with E-state index in [9.17, 15) is 15.0 Å². The molecule has 0 aromatic heterocycles. The summed E-state index contributed by atoms with van der Waals surface area (Å²) in [6, 6.07) is 0. The summed E-state index contributed by atoms with van der Waals surface area (Å²) in [5.41, 5.74) is -0.240. The third-order valence-electron chi connectivity index (χ3n) is 2.06. The van der Waals surface area contributed by atoms with Crippen LogP contribution in [0.25, 0.3) is 0 Å². The topological polar surface area (TPSA) is 148 Å². The summed E-state index contributed by atoms with van der Waals surface area (Å²) >= 11 is 0. The number of rotatable bonds is 3. The lowest BCUT2D eigenvalue weighted by Crippen LogP contribution is -2.42. The SMILES string of the molecule is O=C(O)C1=C[C@@H](O[P+](O)(O)O)[C@@H](O)[C@H](O)C1. The summed E-state index contributed by atoms with van der Waals surface area (Å²) in [5, 5.41) is 27.3. The van der Waals surface area contributed by atoms with Crippen LogP contribution in [-0.4, -0.2) is 54.3 Å². The fraction of sp³-hybridized carbons (Fsp3) is 0.571. The standard InChI is InChI=1S/C7H11O8P/c8-4-1-3(7(10)11)2-5(6(4)9)15-16(12,13)14/h2,4-6,8-9,12-14H,1H2/p+1/t4-,5-,6+/m1/s1. The van der Waals surface area contributed by atoms with Crippen LogP contribution in [0, 0.1) is 0 Å². The quantitative estimate of drug-likeness (QED) is 0.322. The summed E-state index contributed by atoms with van der Waals surface area (Å²) < 4.78 is 4.27. The summed E-state index contributed by atoms with van der Waals surface area (Å²) in [5.74, 6) is -1.32. The van der Waals surface area contributed by atoms with E-state index in [1.54, 1.807) is 0 Å². The molecule has 9 heteroatoms. The van der Waals surface area contributed by atoms with E-state index in [4.69, 9.17) is 19.8 Å². The van der Waals surface area contributed by atoms with Crippen molar-refractivity contribution >= 4 is 14.1 Å². The summed E-state index contributed by atoms with van der Waals surface area (Å²) in [7, 11) is -4.61. The zero-order chi connectivity index (χ0) is 12.5. The molecule has 8 nitrogen and oxygen atoms in total. The Hall–Kier alpha value is -0.600. The molecule has 3 atom stereocenters. The molecule has 0 fully saturated rings. The number of hydrogen-bond donors (Lipinski definition) is 6. The number of aliphatic hydroxyl groups excluding tert-OH is 2. The molecule has 1 aliphatic carbocycles. The zero-order valence-corrected chi connectivity index (χ0v) is 8.86. The van der Waals surface area contributed by atoms with Gasteiger partial charge in [0.25, 0.3) is 0 Å². The lowest BCUT2D eigenvalue weighted by atomic mass is 9.92. The van der Waals surface area contributed by atoms with Crippen LogP contribution in [0.4, 0.5) is 0 Å². The van der Waals surface area contributed by atoms with E-state index in [0.717, 1.165) is 6.08 Å². The maximum atomic E-state index is 10.6. The molecular weight excluding hydrogens is 243 g/mol. The van der Waals surface area contributed by atoms with Crippen LogP contribution >= 0.6 is 8.17 Å². The first-order chi connectivity index (χ1) is 7.20. The summed E-state index contributed by atoms with van der Waals surface area (Å²) in [4.78, 5) is 36.5. The van der Waals surface area contributed by atoms with Crippen molar-refractivity contribution in [1.29, 1.82) is 0 Å². The maximum Gasteiger partial charge on any atom is 0.568 e. The summed E-state index contributed by atoms with van der Waals surface area (Å²) in [6.07, 6.45) is -3.80. The molecule has 0 bridgehead atoms. The van der Waals surface area contributed by atoms with Gasteiger partial charge in [-0.05, 0) is 6.08 Å². The average Bonchev–Trinajstić information content (AvgIpc) is 2.10. The fourth-order valence-corrected chi connectivity index (χ4v) is 1.86. The Kier molecular flexibility index (Phi) is 3.97. The molecule has 0 aromatic rings. The van der Waals surface area contributed by atoms with Crippen LogP contribution in [0.3, 0.4) is 0 Å². The molecule has 0 unspecified atom stereocenters. The highest BCUT2D eigenvalue weighted by Crippen LogP contribution is 2.48. The Morgan fingerprint density at radius 2 is 1.94 bits per heavy atom. The van der Waals surface area contributed by atoms with Crippen molar-refractivity contribution in [2.75, 3.05) is 0 Å². The van der Waals surface area contributed by atoms with E-state index in [1.165, 1.54) is 0 Å². The van der Waals surface area contributed by atoms with Gasteiger partial charge in [-0.25, -0.2) is 4.79 Å². The average molecular weight is 255 g/mol. The summed E-state index contributed by atoms with van der Waals surface area (Å²) in [6.45, 7) is 0. The van der Waals surface area contributed by atoms with E-state index >= 15 is 0 Å². The largest absolute Gasteiger partial charge is 0.568 e. The van der Waals surface area contributed by atoms with Gasteiger partial charge in [0.2, 0.25) is 0 Å². The second kappa shape index (κ2) is 4.72. The highest BCUT2D eigenvalue weighted by Gasteiger charge is 2.44. The molecule has 6 N–H and O–H groups in total. The van der Waals surface area contributed by atoms with E-state index in [0.29, 0.717) is 0 Å². The lowest BCUT2D eigenvalue weighted by Gasteiger charge is -2.27. The van der Waals surface area contributed by atoms with E-state index in [-0.39, 0.29) is 12.0 Å². The zero-order valence-electron chi connectivity index (χ0n) is 7.96. The van der Waals surface area contributed by atoms with Crippen molar-refractivity contribution in [3.63, 3.8) is 0 Å². The molecule has 0 radical (unpaired) electrons. The molecule has 0 heterocycles. The molecule has 92 valence electrons. The lowest BCUT2D eigenvalue weighted by molar-refractivity contribution is -0.134. The number of aliphatic hydroxyl groups is 2. The number of carboxylic acid groups (broad SMARTS) is 1. The van der Waals surface area contributed by atoms with Gasteiger partial charge in [-0.1, -0.05) is 0 Å². The van der Waals surface area contributed by atoms with Crippen molar-refractivity contribution in [2.24, 2.45) is 0 Å². The molecule has 0 saturated carbocycles. The molecule has 1 aliphatic rings. The van der Waals surface area contributed by atoms with Gasteiger partial charge in [-0.2, -0.15) is 14.7 Å². The Morgan fingerprint density at radius 1 is 1.38 bits per heavy atom. The molecule has 0 amide bonds. The van der Waals surface area contributed by atoms with Crippen LogP contribution in [0.1, 0.15) is 6.42 Å². The van der Waals surface area contributed by atoms with Gasteiger partial charge >= 0.3 is 14.1 Å². The predicted octanol–water partition coefficient (Wildman–Crippen LogP) is -1.84. The smallest absolute Gasteiger partial charge is 0.478 e. The highest BCUT2D eigenvalue weighted by molar-refractivity contribution is 7.53. The van der Waals surface area contributed by atoms with Crippen LogP contribution in [0.5, 0.6) is 0 Å². The molecular formula is C7H12O8P+. The third kappa shape index (κ3) is 3.46. The van der Waals surface area contributed by atoms with Crippen LogP contribution in [0.15, 0.2) is 11.6 Å². The van der Waals surface area contributed by atoms with Gasteiger partial charge in [0, 0.05) is 12.0 Å². The van der Waals surface area contributed by atoms with Crippen molar-refractivity contribution in [3.05, 3.63) is 11.6 Å². The van der Waals surface area contributed by atoms with Gasteiger partial charge in [-0.15, -0.1) is 4.52 Å². The van der Waals surface area contributed by atoms with E-state index < -0.39 is 32.5 Å². The Labute approximate surface area is 90.7 Å². The third-order valence-corrected chi connectivity index (χ3v) is 2.59. The van der Waals surface area contributed by atoms with Gasteiger partial charge in [0.05, 0.1) is 6.10 Å². The molecule has 0 saturated heterocycles. The molecule has 0 spiro atoms. The number of carboxylic acids is 1. The van der Waals surface area contributed by atoms with Crippen molar-refractivity contribution in [1.82, 2.24) is 0 Å². The Morgan fingerprint density at radius 3 is 2.38 bits per heavy atom. The Bertz CT molecular complexity index is 308. The normalized spacial score (nSPS) is 31.1. The number of aliphatic carboxylic acids is 1. The number of carbonyl (C=O) groups is 1. The van der Waals surface area contributed by atoms with Crippen LogP contribution in [-0.2, 0) is 9.32 Å². The minimum atomic E-state index is -4.61. The van der Waals surface area contributed by atoms with Gasteiger partial charge in [-0.3, -0.25) is 0 Å². The van der Waals surface area contributed by atoms with Gasteiger partial charge < -0.3 is 15.3 Å². The Balaban J connectivity index is 2.88. The fourth-order valence-electron chi connectivity index (χ4n) is 1.34. The van der Waals surface area contributed by atoms with Crippen molar-refractivity contribution < 1.29 is 39.3 Å². The van der Waals surface area contributed by atoms with E-state index in [1.807, 2.05) is 0 Å².